The summed E-state index contributed by atoms with van der Waals surface area (Å²) in [6.07, 6.45) is 2.48. The topological polar surface area (TPSA) is 69.6 Å². The number of nitrogens with one attached hydrogen (secondary N) is 1. The maximum atomic E-state index is 12.0. The number of carboxylic acids is 1. The lowest BCUT2D eigenvalue weighted by molar-refractivity contribution is -0.126. The molecule has 1 amide bonds. The van der Waals surface area contributed by atoms with Crippen molar-refractivity contribution >= 4 is 11.9 Å². The van der Waals surface area contributed by atoms with Gasteiger partial charge in [0.15, 0.2) is 0 Å². The van der Waals surface area contributed by atoms with E-state index < -0.39 is 5.97 Å². The largest absolute Gasteiger partial charge is 0.478 e. The molecule has 0 saturated heterocycles. The summed E-state index contributed by atoms with van der Waals surface area (Å²) in [5.74, 6) is -0.959. The van der Waals surface area contributed by atoms with E-state index in [-0.39, 0.29) is 11.9 Å². The Bertz CT molecular complexity index is 569. The van der Waals surface area contributed by atoms with E-state index in [1.54, 1.807) is 18.2 Å². The smallest absolute Gasteiger partial charge is 0.335 e. The lowest BCUT2D eigenvalue weighted by atomic mass is 9.96. The molecule has 1 aromatic carbocycles. The van der Waals surface area contributed by atoms with Crippen LogP contribution in [0.2, 0.25) is 0 Å². The fraction of sp³-hybridized carbons (Fsp3) is 0.375. The third-order valence-electron chi connectivity index (χ3n) is 3.84. The van der Waals surface area contributed by atoms with Gasteiger partial charge in [0.1, 0.15) is 0 Å². The zero-order valence-electron chi connectivity index (χ0n) is 12.1. The first-order valence-corrected chi connectivity index (χ1v) is 7.00. The minimum absolute atomic E-state index is 0.0345. The Balaban J connectivity index is 2.10. The molecule has 0 fully saturated rings. The number of fused-ring (bicyclic) bond motifs is 1. The zero-order chi connectivity index (χ0) is 15.4. The van der Waals surface area contributed by atoms with Crippen LogP contribution in [-0.2, 0) is 17.8 Å². The van der Waals surface area contributed by atoms with Crippen molar-refractivity contribution in [1.29, 1.82) is 0 Å². The number of aromatic carboxylic acids is 1. The van der Waals surface area contributed by atoms with Gasteiger partial charge in [0.05, 0.1) is 11.6 Å². The maximum Gasteiger partial charge on any atom is 0.335 e. The summed E-state index contributed by atoms with van der Waals surface area (Å²) in [7, 11) is 0. The number of nitrogens with zero attached hydrogens (tertiary/aromatic N) is 1. The highest BCUT2D eigenvalue weighted by molar-refractivity contribution is 5.88. The number of benzene rings is 1. The molecule has 0 aromatic heterocycles. The van der Waals surface area contributed by atoms with Crippen LogP contribution in [0.3, 0.4) is 0 Å². The molecule has 2 N–H and O–H groups in total. The third-order valence-corrected chi connectivity index (χ3v) is 3.84. The van der Waals surface area contributed by atoms with Crippen molar-refractivity contribution in [3.8, 4) is 0 Å². The molecule has 1 aliphatic heterocycles. The first-order valence-electron chi connectivity index (χ1n) is 7.00. The van der Waals surface area contributed by atoms with E-state index in [1.807, 2.05) is 13.0 Å². The highest BCUT2D eigenvalue weighted by Gasteiger charge is 2.25. The Labute approximate surface area is 124 Å². The third kappa shape index (κ3) is 3.49. The number of hydrogen-bond donors (Lipinski definition) is 2. The van der Waals surface area contributed by atoms with E-state index >= 15 is 0 Å². The molecule has 1 unspecified atom stereocenters. The van der Waals surface area contributed by atoms with Crippen LogP contribution >= 0.6 is 0 Å². The van der Waals surface area contributed by atoms with E-state index in [0.29, 0.717) is 18.7 Å². The number of hydrogen-bond acceptors (Lipinski definition) is 3. The fourth-order valence-corrected chi connectivity index (χ4v) is 2.53. The van der Waals surface area contributed by atoms with Gasteiger partial charge in [-0.25, -0.2) is 4.79 Å². The van der Waals surface area contributed by atoms with Crippen molar-refractivity contribution in [3.05, 3.63) is 47.5 Å². The van der Waals surface area contributed by atoms with Crippen molar-refractivity contribution in [3.63, 3.8) is 0 Å². The summed E-state index contributed by atoms with van der Waals surface area (Å²) >= 11 is 0. The molecule has 21 heavy (non-hydrogen) atoms. The van der Waals surface area contributed by atoms with Crippen molar-refractivity contribution in [2.24, 2.45) is 0 Å². The SMILES string of the molecule is C=CCNC(=O)C(C)N1CCc2ccc(C(=O)O)cc2C1. The molecule has 0 saturated carbocycles. The summed E-state index contributed by atoms with van der Waals surface area (Å²) in [6.45, 7) is 7.29. The van der Waals surface area contributed by atoms with Crippen LogP contribution in [0, 0.1) is 0 Å². The molecule has 1 heterocycles. The molecule has 0 aliphatic carbocycles. The fourth-order valence-electron chi connectivity index (χ4n) is 2.53. The Morgan fingerprint density at radius 2 is 2.24 bits per heavy atom. The van der Waals surface area contributed by atoms with Gasteiger partial charge in [-0.05, 0) is 36.6 Å². The van der Waals surface area contributed by atoms with Crippen LogP contribution in [0.4, 0.5) is 0 Å². The van der Waals surface area contributed by atoms with Gasteiger partial charge in [0, 0.05) is 19.6 Å². The summed E-state index contributed by atoms with van der Waals surface area (Å²) in [5.41, 5.74) is 2.44. The maximum absolute atomic E-state index is 12.0. The second-order valence-corrected chi connectivity index (χ2v) is 5.22. The average Bonchev–Trinajstić information content (AvgIpc) is 2.50. The van der Waals surface area contributed by atoms with Crippen molar-refractivity contribution in [2.45, 2.75) is 25.9 Å². The van der Waals surface area contributed by atoms with Crippen LogP contribution in [0.25, 0.3) is 0 Å². The Morgan fingerprint density at radius 1 is 1.48 bits per heavy atom. The minimum atomic E-state index is -0.924. The molecule has 2 rings (SSSR count). The number of carboxylic acid groups (broad SMARTS) is 1. The molecule has 1 aromatic rings. The summed E-state index contributed by atoms with van der Waals surface area (Å²) in [5, 5.41) is 11.8. The Hall–Kier alpha value is -2.14. The molecule has 1 aliphatic rings. The Morgan fingerprint density at radius 3 is 2.90 bits per heavy atom. The molecule has 5 heteroatoms. The molecule has 1 atom stereocenters. The molecule has 112 valence electrons. The van der Waals surface area contributed by atoms with Crippen LogP contribution in [0.5, 0.6) is 0 Å². The van der Waals surface area contributed by atoms with Crippen LogP contribution < -0.4 is 5.32 Å². The van der Waals surface area contributed by atoms with Gasteiger partial charge in [-0.1, -0.05) is 12.1 Å². The van der Waals surface area contributed by atoms with Gasteiger partial charge in [-0.2, -0.15) is 0 Å². The minimum Gasteiger partial charge on any atom is -0.478 e. The van der Waals surface area contributed by atoms with Crippen LogP contribution in [0.15, 0.2) is 30.9 Å². The number of carbonyl (C=O) groups is 2. The first-order chi connectivity index (χ1) is 10.0. The zero-order valence-corrected chi connectivity index (χ0v) is 12.1. The van der Waals surface area contributed by atoms with Gasteiger partial charge < -0.3 is 10.4 Å². The van der Waals surface area contributed by atoms with Gasteiger partial charge in [0.2, 0.25) is 5.91 Å². The van der Waals surface area contributed by atoms with Crippen LogP contribution in [-0.4, -0.2) is 41.0 Å². The lowest BCUT2D eigenvalue weighted by Crippen LogP contribution is -2.47. The molecule has 0 radical (unpaired) electrons. The molecule has 0 bridgehead atoms. The van der Waals surface area contributed by atoms with E-state index in [1.165, 1.54) is 0 Å². The molecule has 5 nitrogen and oxygen atoms in total. The highest BCUT2D eigenvalue weighted by Crippen LogP contribution is 2.22. The van der Waals surface area contributed by atoms with Crippen molar-refractivity contribution in [2.75, 3.05) is 13.1 Å². The van der Waals surface area contributed by atoms with E-state index in [0.717, 1.165) is 24.1 Å². The number of carbonyl (C=O) groups excluding carboxylic acids is 1. The quantitative estimate of drug-likeness (QED) is 0.804. The van der Waals surface area contributed by atoms with Crippen molar-refractivity contribution < 1.29 is 14.7 Å². The van der Waals surface area contributed by atoms with Crippen LogP contribution in [0.1, 0.15) is 28.4 Å². The van der Waals surface area contributed by atoms with Gasteiger partial charge in [0.25, 0.3) is 0 Å². The second-order valence-electron chi connectivity index (χ2n) is 5.22. The normalized spacial score (nSPS) is 15.9. The van der Waals surface area contributed by atoms with Gasteiger partial charge in [-0.15, -0.1) is 6.58 Å². The summed E-state index contributed by atoms with van der Waals surface area (Å²) in [6, 6.07) is 4.97. The molecular weight excluding hydrogens is 268 g/mol. The predicted octanol–water partition coefficient (Wildman–Crippen LogP) is 1.43. The monoisotopic (exact) mass is 288 g/mol. The average molecular weight is 288 g/mol. The standard InChI is InChI=1S/C16H20N2O3/c1-3-7-17-15(19)11(2)18-8-6-12-4-5-13(16(20)21)9-14(12)10-18/h3-5,9,11H,1,6-8,10H2,2H3,(H,17,19)(H,20,21). The Kier molecular flexibility index (Phi) is 4.75. The van der Waals surface area contributed by atoms with E-state index in [9.17, 15) is 9.59 Å². The molecular formula is C16H20N2O3. The van der Waals surface area contributed by atoms with E-state index in [2.05, 4.69) is 16.8 Å². The second kappa shape index (κ2) is 6.54. The van der Waals surface area contributed by atoms with Gasteiger partial charge >= 0.3 is 5.97 Å². The highest BCUT2D eigenvalue weighted by atomic mass is 16.4. The summed E-state index contributed by atoms with van der Waals surface area (Å²) < 4.78 is 0. The predicted molar refractivity (Wildman–Crippen MR) is 80.2 cm³/mol. The van der Waals surface area contributed by atoms with E-state index in [4.69, 9.17) is 5.11 Å². The number of amides is 1. The number of rotatable bonds is 5. The van der Waals surface area contributed by atoms with Gasteiger partial charge in [-0.3, -0.25) is 9.69 Å². The lowest BCUT2D eigenvalue weighted by Gasteiger charge is -2.33. The summed E-state index contributed by atoms with van der Waals surface area (Å²) in [4.78, 5) is 25.1. The van der Waals surface area contributed by atoms with Crippen molar-refractivity contribution in [1.82, 2.24) is 10.2 Å². The first kappa shape index (κ1) is 15.3. The molecule has 0 spiro atoms.